The highest BCUT2D eigenvalue weighted by molar-refractivity contribution is 4.82. The van der Waals surface area contributed by atoms with Crippen LogP contribution >= 0.6 is 0 Å². The van der Waals surface area contributed by atoms with Crippen molar-refractivity contribution in [2.45, 2.75) is 13.8 Å². The zero-order valence-corrected chi connectivity index (χ0v) is 11.2. The Morgan fingerprint density at radius 1 is 0.938 bits per heavy atom. The molecule has 0 atom stereocenters. The molecule has 0 amide bonds. The molecule has 2 fully saturated rings. The average Bonchev–Trinajstić information content (AvgIpc) is 2.18. The monoisotopic (exact) mass is 225 g/mol. The van der Waals surface area contributed by atoms with Crippen molar-refractivity contribution >= 4 is 0 Å². The maximum absolute atomic E-state index is 2.61. The topological polar surface area (TPSA) is 9.72 Å². The van der Waals surface area contributed by atoms with Gasteiger partial charge in [-0.25, -0.2) is 0 Å². The lowest BCUT2D eigenvalue weighted by molar-refractivity contribution is 0.0508. The van der Waals surface area contributed by atoms with Gasteiger partial charge in [-0.3, -0.25) is 4.90 Å². The predicted molar refractivity (Wildman–Crippen MR) is 68.7 cm³/mol. The normalized spacial score (nSPS) is 26.2. The number of nitrogens with zero attached hydrogens (tertiary/aromatic N) is 3. The first-order valence-corrected chi connectivity index (χ1v) is 6.78. The van der Waals surface area contributed by atoms with E-state index < -0.39 is 0 Å². The summed E-state index contributed by atoms with van der Waals surface area (Å²) in [5.41, 5.74) is 0. The number of likely N-dealkylation sites (tertiary alicyclic amines) is 1. The van der Waals surface area contributed by atoms with Gasteiger partial charge in [-0.1, -0.05) is 13.8 Å². The van der Waals surface area contributed by atoms with E-state index in [0.29, 0.717) is 0 Å². The Hall–Kier alpha value is -0.120. The molecule has 2 aliphatic rings. The fourth-order valence-corrected chi connectivity index (χ4v) is 2.57. The zero-order chi connectivity index (χ0) is 11.5. The van der Waals surface area contributed by atoms with Crippen LogP contribution in [-0.4, -0.2) is 74.1 Å². The van der Waals surface area contributed by atoms with Crippen molar-refractivity contribution in [3.05, 3.63) is 0 Å². The second kappa shape index (κ2) is 5.48. The Kier molecular flexibility index (Phi) is 4.22. The van der Waals surface area contributed by atoms with Crippen LogP contribution in [0.5, 0.6) is 0 Å². The van der Waals surface area contributed by atoms with E-state index in [-0.39, 0.29) is 0 Å². The molecular formula is C13H27N3. The molecule has 2 aliphatic heterocycles. The van der Waals surface area contributed by atoms with Gasteiger partial charge in [0.05, 0.1) is 0 Å². The van der Waals surface area contributed by atoms with Gasteiger partial charge >= 0.3 is 0 Å². The molecule has 16 heavy (non-hydrogen) atoms. The fraction of sp³-hybridized carbons (Fsp3) is 1.00. The molecule has 0 aliphatic carbocycles. The lowest BCUT2D eigenvalue weighted by atomic mass is 9.88. The van der Waals surface area contributed by atoms with Gasteiger partial charge < -0.3 is 9.80 Å². The Bertz CT molecular complexity index is 203. The van der Waals surface area contributed by atoms with Crippen molar-refractivity contribution in [1.29, 1.82) is 0 Å². The summed E-state index contributed by atoms with van der Waals surface area (Å²) in [6.45, 7) is 15.0. The van der Waals surface area contributed by atoms with Crippen LogP contribution in [0.15, 0.2) is 0 Å². The zero-order valence-electron chi connectivity index (χ0n) is 11.2. The van der Waals surface area contributed by atoms with Crippen LogP contribution in [0.3, 0.4) is 0 Å². The van der Waals surface area contributed by atoms with Crippen molar-refractivity contribution in [3.8, 4) is 0 Å². The van der Waals surface area contributed by atoms with E-state index in [1.54, 1.807) is 0 Å². The Morgan fingerprint density at radius 2 is 1.50 bits per heavy atom. The molecule has 3 nitrogen and oxygen atoms in total. The maximum Gasteiger partial charge on any atom is 0.0110 e. The third-order valence-corrected chi connectivity index (χ3v) is 4.26. The van der Waals surface area contributed by atoms with E-state index >= 15 is 0 Å². The Labute approximate surface area is 100 Å². The van der Waals surface area contributed by atoms with E-state index in [4.69, 9.17) is 0 Å². The van der Waals surface area contributed by atoms with Crippen LogP contribution in [-0.2, 0) is 0 Å². The quantitative estimate of drug-likeness (QED) is 0.701. The number of hydrogen-bond donors (Lipinski definition) is 0. The minimum Gasteiger partial charge on any atom is -0.304 e. The molecule has 0 bridgehead atoms. The first kappa shape index (κ1) is 12.3. The van der Waals surface area contributed by atoms with Crippen molar-refractivity contribution in [3.63, 3.8) is 0 Å². The molecule has 3 heteroatoms. The number of hydrogen-bond acceptors (Lipinski definition) is 3. The molecule has 0 aromatic rings. The Morgan fingerprint density at radius 3 is 2.06 bits per heavy atom. The number of piperazine rings is 1. The summed E-state index contributed by atoms with van der Waals surface area (Å²) in [7, 11) is 2.22. The highest BCUT2D eigenvalue weighted by Gasteiger charge is 2.28. The molecule has 2 rings (SSSR count). The smallest absolute Gasteiger partial charge is 0.0110 e. The summed E-state index contributed by atoms with van der Waals surface area (Å²) in [4.78, 5) is 7.65. The second-order valence-corrected chi connectivity index (χ2v) is 5.91. The third-order valence-electron chi connectivity index (χ3n) is 4.26. The van der Waals surface area contributed by atoms with Crippen molar-refractivity contribution in [2.24, 2.45) is 11.8 Å². The van der Waals surface area contributed by atoms with E-state index in [9.17, 15) is 0 Å². The van der Waals surface area contributed by atoms with E-state index in [1.165, 1.54) is 52.4 Å². The average molecular weight is 225 g/mol. The lowest BCUT2D eigenvalue weighted by Crippen LogP contribution is -2.53. The summed E-state index contributed by atoms with van der Waals surface area (Å²) in [5.74, 6) is 1.84. The number of rotatable bonds is 4. The van der Waals surface area contributed by atoms with Gasteiger partial charge in [0.1, 0.15) is 0 Å². The van der Waals surface area contributed by atoms with Crippen LogP contribution in [0.4, 0.5) is 0 Å². The van der Waals surface area contributed by atoms with Gasteiger partial charge in [-0.2, -0.15) is 0 Å². The molecule has 0 saturated carbocycles. The minimum absolute atomic E-state index is 0.875. The molecule has 0 spiro atoms. The SMILES string of the molecule is CC(C)C1CN(CCN2CCN(C)CC2)C1. The van der Waals surface area contributed by atoms with Gasteiger partial charge in [0.25, 0.3) is 0 Å². The summed E-state index contributed by atoms with van der Waals surface area (Å²) in [6, 6.07) is 0. The van der Waals surface area contributed by atoms with Gasteiger partial charge in [0.15, 0.2) is 0 Å². The van der Waals surface area contributed by atoms with Crippen LogP contribution in [0.2, 0.25) is 0 Å². The van der Waals surface area contributed by atoms with Crippen molar-refractivity contribution < 1.29 is 0 Å². The van der Waals surface area contributed by atoms with Crippen LogP contribution in [0, 0.1) is 11.8 Å². The highest BCUT2D eigenvalue weighted by Crippen LogP contribution is 2.22. The van der Waals surface area contributed by atoms with Crippen molar-refractivity contribution in [1.82, 2.24) is 14.7 Å². The predicted octanol–water partition coefficient (Wildman–Crippen LogP) is 0.822. The molecule has 0 unspecified atom stereocenters. The van der Waals surface area contributed by atoms with Gasteiger partial charge in [0.2, 0.25) is 0 Å². The summed E-state index contributed by atoms with van der Waals surface area (Å²) in [6.07, 6.45) is 0. The van der Waals surface area contributed by atoms with E-state index in [2.05, 4.69) is 35.6 Å². The summed E-state index contributed by atoms with van der Waals surface area (Å²) < 4.78 is 0. The fourth-order valence-electron chi connectivity index (χ4n) is 2.57. The standard InChI is InChI=1S/C13H27N3/c1-12(2)13-10-16(11-13)9-8-15-6-4-14(3)5-7-15/h12-13H,4-11H2,1-3H3. The Balaban J connectivity index is 1.56. The molecule has 0 aromatic carbocycles. The molecule has 2 heterocycles. The molecule has 94 valence electrons. The molecule has 0 aromatic heterocycles. The van der Waals surface area contributed by atoms with E-state index in [1.807, 2.05) is 0 Å². The van der Waals surface area contributed by atoms with Crippen LogP contribution in [0.25, 0.3) is 0 Å². The van der Waals surface area contributed by atoms with Crippen molar-refractivity contribution in [2.75, 3.05) is 59.4 Å². The maximum atomic E-state index is 2.61. The highest BCUT2D eigenvalue weighted by atomic mass is 15.3. The van der Waals surface area contributed by atoms with Crippen LogP contribution < -0.4 is 0 Å². The van der Waals surface area contributed by atoms with Gasteiger partial charge in [0, 0.05) is 52.4 Å². The minimum atomic E-state index is 0.875. The summed E-state index contributed by atoms with van der Waals surface area (Å²) >= 11 is 0. The number of likely N-dealkylation sites (N-methyl/N-ethyl adjacent to an activating group) is 1. The lowest BCUT2D eigenvalue weighted by Gasteiger charge is -2.43. The third kappa shape index (κ3) is 3.19. The molecule has 0 radical (unpaired) electrons. The first-order chi connectivity index (χ1) is 7.65. The second-order valence-electron chi connectivity index (χ2n) is 5.91. The molecular weight excluding hydrogens is 198 g/mol. The molecule has 0 N–H and O–H groups in total. The van der Waals surface area contributed by atoms with E-state index in [0.717, 1.165) is 11.8 Å². The molecule has 2 saturated heterocycles. The van der Waals surface area contributed by atoms with Gasteiger partial charge in [-0.15, -0.1) is 0 Å². The van der Waals surface area contributed by atoms with Gasteiger partial charge in [-0.05, 0) is 18.9 Å². The summed E-state index contributed by atoms with van der Waals surface area (Å²) in [5, 5.41) is 0. The van der Waals surface area contributed by atoms with Crippen LogP contribution in [0.1, 0.15) is 13.8 Å². The largest absolute Gasteiger partial charge is 0.304 e. The first-order valence-electron chi connectivity index (χ1n) is 6.78.